The van der Waals surface area contributed by atoms with Crippen LogP contribution in [-0.4, -0.2) is 51.6 Å². The molecule has 0 atom stereocenters. The lowest BCUT2D eigenvalue weighted by atomic mass is 9.91. The fraction of sp³-hybridized carbons (Fsp3) is 0.350. The maximum absolute atomic E-state index is 12.9. The highest BCUT2D eigenvalue weighted by molar-refractivity contribution is 6.01. The van der Waals surface area contributed by atoms with Gasteiger partial charge in [0.15, 0.2) is 11.4 Å². The van der Waals surface area contributed by atoms with Gasteiger partial charge in [0.2, 0.25) is 5.91 Å². The smallest absolute Gasteiger partial charge is 0.335 e. The van der Waals surface area contributed by atoms with Crippen LogP contribution in [0.1, 0.15) is 34.5 Å². The number of hydrogen-bond acceptors (Lipinski definition) is 5. The first-order chi connectivity index (χ1) is 13.4. The summed E-state index contributed by atoms with van der Waals surface area (Å²) in [6, 6.07) is 9.20. The van der Waals surface area contributed by atoms with E-state index >= 15 is 0 Å². The number of furan rings is 1. The molecule has 0 unspecified atom stereocenters. The van der Waals surface area contributed by atoms with Gasteiger partial charge in [-0.3, -0.25) is 9.59 Å². The number of carbonyl (C=O) groups is 3. The number of piperidine rings is 1. The largest absolute Gasteiger partial charge is 0.479 e. The average Bonchev–Trinajstić information content (AvgIpc) is 3.27. The second-order valence-corrected chi connectivity index (χ2v) is 7.19. The van der Waals surface area contributed by atoms with Gasteiger partial charge in [0.05, 0.1) is 19.2 Å². The van der Waals surface area contributed by atoms with Crippen molar-refractivity contribution < 1.29 is 29.0 Å². The first-order valence-electron chi connectivity index (χ1n) is 9.09. The van der Waals surface area contributed by atoms with Gasteiger partial charge in [-0.2, -0.15) is 0 Å². The van der Waals surface area contributed by atoms with Gasteiger partial charge in [0.25, 0.3) is 5.91 Å². The molecule has 1 aromatic heterocycles. The number of anilines is 1. The number of carboxylic acids is 1. The lowest BCUT2D eigenvalue weighted by Gasteiger charge is -2.35. The molecule has 1 saturated heterocycles. The molecule has 0 radical (unpaired) electrons. The number of aliphatic carboxylic acids is 1. The predicted molar refractivity (Wildman–Crippen MR) is 97.8 cm³/mol. The SMILES string of the molecule is O=C(c1occc1CN1C(=O)Cc2ccccc21)N1CCC(O)(C(=O)O)CC1. The van der Waals surface area contributed by atoms with Crippen LogP contribution in [0.5, 0.6) is 0 Å². The number of amides is 2. The first-order valence-corrected chi connectivity index (χ1v) is 9.09. The van der Waals surface area contributed by atoms with Crippen molar-refractivity contribution in [2.45, 2.75) is 31.4 Å². The number of para-hydroxylation sites is 1. The Bertz CT molecular complexity index is 942. The standard InChI is InChI=1S/C20H20N2O6/c23-16-11-13-3-1-2-4-15(13)22(16)12-14-5-10-28-17(14)18(24)21-8-6-20(27,7-9-21)19(25)26/h1-5,10,27H,6-9,11-12H2,(H,25,26). The summed E-state index contributed by atoms with van der Waals surface area (Å²) >= 11 is 0. The van der Waals surface area contributed by atoms with E-state index in [2.05, 4.69) is 0 Å². The highest BCUT2D eigenvalue weighted by Crippen LogP contribution is 2.31. The molecule has 2 aliphatic heterocycles. The van der Waals surface area contributed by atoms with E-state index in [0.717, 1.165) is 11.3 Å². The number of fused-ring (bicyclic) bond motifs is 1. The Morgan fingerprint density at radius 2 is 1.86 bits per heavy atom. The molecule has 2 aromatic rings. The van der Waals surface area contributed by atoms with Gasteiger partial charge in [0, 0.05) is 37.2 Å². The number of benzene rings is 1. The fourth-order valence-electron chi connectivity index (χ4n) is 3.75. The molecule has 1 aromatic carbocycles. The molecule has 2 aliphatic rings. The monoisotopic (exact) mass is 384 g/mol. The first kappa shape index (κ1) is 18.2. The van der Waals surface area contributed by atoms with Crippen molar-refractivity contribution in [3.05, 3.63) is 53.5 Å². The molecule has 0 aliphatic carbocycles. The van der Waals surface area contributed by atoms with Gasteiger partial charge >= 0.3 is 5.97 Å². The third kappa shape index (κ3) is 3.05. The van der Waals surface area contributed by atoms with Gasteiger partial charge in [-0.05, 0) is 17.7 Å². The van der Waals surface area contributed by atoms with Gasteiger partial charge in [0.1, 0.15) is 0 Å². The van der Waals surface area contributed by atoms with E-state index in [1.807, 2.05) is 24.3 Å². The Labute approximate surface area is 161 Å². The maximum atomic E-state index is 12.9. The Kier molecular flexibility index (Phi) is 4.43. The number of carboxylic acid groups (broad SMARTS) is 1. The van der Waals surface area contributed by atoms with E-state index in [4.69, 9.17) is 9.52 Å². The minimum atomic E-state index is -1.80. The Morgan fingerprint density at radius 1 is 1.14 bits per heavy atom. The third-order valence-electron chi connectivity index (χ3n) is 5.47. The normalized spacial score (nSPS) is 18.2. The molecule has 4 rings (SSSR count). The molecule has 0 saturated carbocycles. The Hall–Kier alpha value is -3.13. The molecule has 0 spiro atoms. The minimum absolute atomic E-state index is 0.0368. The van der Waals surface area contributed by atoms with Crippen LogP contribution >= 0.6 is 0 Å². The quantitative estimate of drug-likeness (QED) is 0.825. The van der Waals surface area contributed by atoms with Gasteiger partial charge in [-0.1, -0.05) is 18.2 Å². The molecule has 8 nitrogen and oxygen atoms in total. The van der Waals surface area contributed by atoms with E-state index in [-0.39, 0.29) is 50.1 Å². The highest BCUT2D eigenvalue weighted by atomic mass is 16.4. The van der Waals surface area contributed by atoms with Crippen molar-refractivity contribution in [2.24, 2.45) is 0 Å². The van der Waals surface area contributed by atoms with Gasteiger partial charge in [-0.25, -0.2) is 4.79 Å². The topological polar surface area (TPSA) is 111 Å². The summed E-state index contributed by atoms with van der Waals surface area (Å²) in [7, 11) is 0. The maximum Gasteiger partial charge on any atom is 0.335 e. The number of aliphatic hydroxyl groups is 1. The lowest BCUT2D eigenvalue weighted by molar-refractivity contribution is -0.162. The van der Waals surface area contributed by atoms with Crippen LogP contribution in [0.4, 0.5) is 5.69 Å². The van der Waals surface area contributed by atoms with Crippen LogP contribution in [-0.2, 0) is 22.6 Å². The second-order valence-electron chi connectivity index (χ2n) is 7.19. The van der Waals surface area contributed by atoms with Crippen LogP contribution in [0.15, 0.2) is 41.0 Å². The highest BCUT2D eigenvalue weighted by Gasteiger charge is 2.41. The lowest BCUT2D eigenvalue weighted by Crippen LogP contribution is -2.50. The van der Waals surface area contributed by atoms with Crippen molar-refractivity contribution >= 4 is 23.5 Å². The predicted octanol–water partition coefficient (Wildman–Crippen LogP) is 1.42. The fourth-order valence-corrected chi connectivity index (χ4v) is 3.75. The van der Waals surface area contributed by atoms with Crippen LogP contribution in [0.2, 0.25) is 0 Å². The Balaban J connectivity index is 1.50. The summed E-state index contributed by atoms with van der Waals surface area (Å²) in [5, 5.41) is 19.1. The zero-order valence-electron chi connectivity index (χ0n) is 15.1. The Morgan fingerprint density at radius 3 is 2.57 bits per heavy atom. The molecule has 2 amide bonds. The second kappa shape index (κ2) is 6.79. The average molecular weight is 384 g/mol. The van der Waals surface area contributed by atoms with E-state index in [1.54, 1.807) is 11.0 Å². The molecule has 2 N–H and O–H groups in total. The van der Waals surface area contributed by atoms with Crippen LogP contribution in [0.25, 0.3) is 0 Å². The minimum Gasteiger partial charge on any atom is -0.479 e. The number of nitrogens with zero attached hydrogens (tertiary/aromatic N) is 2. The van der Waals surface area contributed by atoms with E-state index in [9.17, 15) is 19.5 Å². The number of likely N-dealkylation sites (tertiary alicyclic amines) is 1. The third-order valence-corrected chi connectivity index (χ3v) is 5.47. The summed E-state index contributed by atoms with van der Waals surface area (Å²) < 4.78 is 5.40. The van der Waals surface area contributed by atoms with Crippen molar-refractivity contribution in [3.8, 4) is 0 Å². The molecule has 8 heteroatoms. The van der Waals surface area contributed by atoms with Crippen molar-refractivity contribution in [3.63, 3.8) is 0 Å². The molecular formula is C20H20N2O6. The molecule has 1 fully saturated rings. The zero-order valence-corrected chi connectivity index (χ0v) is 15.1. The van der Waals surface area contributed by atoms with E-state index < -0.39 is 11.6 Å². The van der Waals surface area contributed by atoms with Crippen molar-refractivity contribution in [2.75, 3.05) is 18.0 Å². The van der Waals surface area contributed by atoms with Crippen LogP contribution in [0.3, 0.4) is 0 Å². The van der Waals surface area contributed by atoms with Crippen molar-refractivity contribution in [1.82, 2.24) is 4.90 Å². The summed E-state index contributed by atoms with van der Waals surface area (Å²) in [4.78, 5) is 39.5. The number of rotatable bonds is 4. The summed E-state index contributed by atoms with van der Waals surface area (Å²) in [6.45, 7) is 0.459. The number of carbonyl (C=O) groups excluding carboxylic acids is 2. The summed E-state index contributed by atoms with van der Waals surface area (Å²) in [5.74, 6) is -1.54. The molecule has 146 valence electrons. The van der Waals surface area contributed by atoms with E-state index in [0.29, 0.717) is 12.0 Å². The van der Waals surface area contributed by atoms with Crippen LogP contribution in [0, 0.1) is 0 Å². The van der Waals surface area contributed by atoms with Gasteiger partial charge < -0.3 is 24.4 Å². The van der Waals surface area contributed by atoms with Crippen LogP contribution < -0.4 is 4.90 Å². The van der Waals surface area contributed by atoms with Gasteiger partial charge in [-0.15, -0.1) is 0 Å². The molecular weight excluding hydrogens is 364 g/mol. The molecule has 0 bridgehead atoms. The molecule has 3 heterocycles. The van der Waals surface area contributed by atoms with Crippen molar-refractivity contribution in [1.29, 1.82) is 0 Å². The van der Waals surface area contributed by atoms with E-state index in [1.165, 1.54) is 11.2 Å². The summed E-state index contributed by atoms with van der Waals surface area (Å²) in [6.07, 6.45) is 1.66. The summed E-state index contributed by atoms with van der Waals surface area (Å²) in [5.41, 5.74) is 0.577. The zero-order chi connectivity index (χ0) is 19.9. The number of hydrogen-bond donors (Lipinski definition) is 2. The molecule has 28 heavy (non-hydrogen) atoms.